The average molecular weight is 335 g/mol. The second-order valence-corrected chi connectivity index (χ2v) is 7.51. The first-order chi connectivity index (χ1) is 11.0. The van der Waals surface area contributed by atoms with E-state index in [1.54, 1.807) is 17.8 Å². The van der Waals surface area contributed by atoms with Gasteiger partial charge in [-0.2, -0.15) is 5.10 Å². The van der Waals surface area contributed by atoms with E-state index in [0.717, 1.165) is 17.7 Å². The third kappa shape index (κ3) is 3.40. The van der Waals surface area contributed by atoms with Gasteiger partial charge in [0, 0.05) is 25.2 Å². The molecular formula is C16H21N3O3S. The predicted molar refractivity (Wildman–Crippen MR) is 87.0 cm³/mol. The molecule has 1 N–H and O–H groups in total. The van der Waals surface area contributed by atoms with Crippen LogP contribution < -0.4 is 9.46 Å². The molecule has 0 amide bonds. The molecule has 0 unspecified atom stereocenters. The van der Waals surface area contributed by atoms with Gasteiger partial charge in [0.25, 0.3) is 0 Å². The van der Waals surface area contributed by atoms with Crippen LogP contribution in [0.4, 0.5) is 0 Å². The highest BCUT2D eigenvalue weighted by atomic mass is 32.2. The number of hydrogen-bond acceptors (Lipinski definition) is 4. The third-order valence-electron chi connectivity index (χ3n) is 4.03. The number of rotatable bonds is 5. The molecule has 1 aliphatic rings. The third-order valence-corrected chi connectivity index (χ3v) is 5.56. The standard InChI is InChI=1S/C16H21N3O3S/c1-3-19-10-16(12(2)18-19)23(20,21)17-9-13-8-14-6-4-5-7-15(14)22-11-13/h4-7,10,13,17H,3,8-9,11H2,1-2H3/t13-/m0/s1. The fraction of sp³-hybridized carbons (Fsp3) is 0.438. The molecule has 0 aliphatic carbocycles. The van der Waals surface area contributed by atoms with Crippen molar-refractivity contribution in [2.45, 2.75) is 31.7 Å². The highest BCUT2D eigenvalue weighted by molar-refractivity contribution is 7.89. The Balaban J connectivity index is 1.67. The van der Waals surface area contributed by atoms with E-state index in [1.807, 2.05) is 31.2 Å². The number of aromatic nitrogens is 2. The van der Waals surface area contributed by atoms with Crippen molar-refractivity contribution in [3.05, 3.63) is 41.7 Å². The Labute approximate surface area is 136 Å². The second-order valence-electron chi connectivity index (χ2n) is 5.78. The van der Waals surface area contributed by atoms with Crippen LogP contribution in [0.5, 0.6) is 5.75 Å². The van der Waals surface area contributed by atoms with Gasteiger partial charge >= 0.3 is 0 Å². The summed E-state index contributed by atoms with van der Waals surface area (Å²) in [5.41, 5.74) is 1.64. The molecule has 1 aliphatic heterocycles. The lowest BCUT2D eigenvalue weighted by Crippen LogP contribution is -2.34. The van der Waals surface area contributed by atoms with Crippen molar-refractivity contribution in [1.82, 2.24) is 14.5 Å². The summed E-state index contributed by atoms with van der Waals surface area (Å²) >= 11 is 0. The van der Waals surface area contributed by atoms with Crippen LogP contribution in [-0.4, -0.2) is 31.3 Å². The van der Waals surface area contributed by atoms with Crippen LogP contribution in [0.15, 0.2) is 35.4 Å². The van der Waals surface area contributed by atoms with Gasteiger partial charge in [-0.25, -0.2) is 13.1 Å². The Bertz CT molecular complexity index is 799. The zero-order chi connectivity index (χ0) is 16.4. The molecule has 1 atom stereocenters. The van der Waals surface area contributed by atoms with E-state index >= 15 is 0 Å². The molecular weight excluding hydrogens is 314 g/mol. The minimum atomic E-state index is -3.55. The number of nitrogens with zero attached hydrogens (tertiary/aromatic N) is 2. The van der Waals surface area contributed by atoms with Crippen molar-refractivity contribution in [2.24, 2.45) is 5.92 Å². The predicted octanol–water partition coefficient (Wildman–Crippen LogP) is 1.74. The van der Waals surface area contributed by atoms with Gasteiger partial charge in [0.05, 0.1) is 12.3 Å². The summed E-state index contributed by atoms with van der Waals surface area (Å²) in [7, 11) is -3.55. The van der Waals surface area contributed by atoms with E-state index in [9.17, 15) is 8.42 Å². The van der Waals surface area contributed by atoms with Crippen molar-refractivity contribution in [3.63, 3.8) is 0 Å². The summed E-state index contributed by atoms with van der Waals surface area (Å²) in [6, 6.07) is 7.87. The minimum absolute atomic E-state index is 0.126. The molecule has 7 heteroatoms. The molecule has 0 bridgehead atoms. The SMILES string of the molecule is CCn1cc(S(=O)(=O)NC[C@H]2COc3ccccc3C2)c(C)n1. The number of benzene rings is 1. The van der Waals surface area contributed by atoms with Gasteiger partial charge in [-0.05, 0) is 31.9 Å². The number of sulfonamides is 1. The lowest BCUT2D eigenvalue weighted by molar-refractivity contribution is 0.223. The first-order valence-electron chi connectivity index (χ1n) is 7.74. The zero-order valence-electron chi connectivity index (χ0n) is 13.3. The van der Waals surface area contributed by atoms with Crippen LogP contribution in [0.25, 0.3) is 0 Å². The zero-order valence-corrected chi connectivity index (χ0v) is 14.1. The van der Waals surface area contributed by atoms with Crippen molar-refractivity contribution < 1.29 is 13.2 Å². The number of ether oxygens (including phenoxy) is 1. The fourth-order valence-corrected chi connectivity index (χ4v) is 4.05. The van der Waals surface area contributed by atoms with Crippen molar-refractivity contribution in [1.29, 1.82) is 0 Å². The van der Waals surface area contributed by atoms with E-state index in [4.69, 9.17) is 4.74 Å². The number of para-hydroxylation sites is 1. The molecule has 0 spiro atoms. The Hall–Kier alpha value is -1.86. The van der Waals surface area contributed by atoms with E-state index in [0.29, 0.717) is 25.4 Å². The van der Waals surface area contributed by atoms with E-state index in [-0.39, 0.29) is 10.8 Å². The van der Waals surface area contributed by atoms with Gasteiger partial charge < -0.3 is 4.74 Å². The van der Waals surface area contributed by atoms with Gasteiger partial charge in [-0.1, -0.05) is 18.2 Å². The molecule has 1 aromatic carbocycles. The molecule has 2 aromatic rings. The maximum atomic E-state index is 12.5. The number of aryl methyl sites for hydroxylation is 2. The van der Waals surface area contributed by atoms with Crippen molar-refractivity contribution in [3.8, 4) is 5.75 Å². The summed E-state index contributed by atoms with van der Waals surface area (Å²) in [5.74, 6) is 1.02. The molecule has 2 heterocycles. The van der Waals surface area contributed by atoms with E-state index < -0.39 is 10.0 Å². The van der Waals surface area contributed by atoms with Crippen LogP contribution in [-0.2, 0) is 23.0 Å². The number of fused-ring (bicyclic) bond motifs is 1. The molecule has 1 aromatic heterocycles. The van der Waals surface area contributed by atoms with Gasteiger partial charge in [0.1, 0.15) is 10.6 Å². The molecule has 0 saturated heterocycles. The van der Waals surface area contributed by atoms with Gasteiger partial charge in [0.2, 0.25) is 10.0 Å². The Morgan fingerprint density at radius 2 is 2.17 bits per heavy atom. The van der Waals surface area contributed by atoms with Gasteiger partial charge in [0.15, 0.2) is 0 Å². The fourth-order valence-electron chi connectivity index (χ4n) is 2.75. The quantitative estimate of drug-likeness (QED) is 0.903. The normalized spacial score (nSPS) is 17.6. The van der Waals surface area contributed by atoms with Crippen LogP contribution in [0, 0.1) is 12.8 Å². The Morgan fingerprint density at radius 3 is 2.91 bits per heavy atom. The Morgan fingerprint density at radius 1 is 1.39 bits per heavy atom. The van der Waals surface area contributed by atoms with Gasteiger partial charge in [-0.3, -0.25) is 4.68 Å². The minimum Gasteiger partial charge on any atom is -0.493 e. The van der Waals surface area contributed by atoms with Crippen LogP contribution in [0.3, 0.4) is 0 Å². The average Bonchev–Trinajstić information content (AvgIpc) is 2.95. The molecule has 3 rings (SSSR count). The Kier molecular flexibility index (Phi) is 4.41. The van der Waals surface area contributed by atoms with Crippen LogP contribution >= 0.6 is 0 Å². The summed E-state index contributed by atoms with van der Waals surface area (Å²) in [5, 5.41) is 4.19. The van der Waals surface area contributed by atoms with Crippen molar-refractivity contribution in [2.75, 3.05) is 13.2 Å². The van der Waals surface area contributed by atoms with Crippen LogP contribution in [0.2, 0.25) is 0 Å². The van der Waals surface area contributed by atoms with Gasteiger partial charge in [-0.15, -0.1) is 0 Å². The summed E-state index contributed by atoms with van der Waals surface area (Å²) < 4.78 is 35.0. The first kappa shape index (κ1) is 16.0. The second kappa shape index (κ2) is 6.33. The maximum absolute atomic E-state index is 12.5. The maximum Gasteiger partial charge on any atom is 0.243 e. The lowest BCUT2D eigenvalue weighted by atomic mass is 9.97. The lowest BCUT2D eigenvalue weighted by Gasteiger charge is -2.25. The van der Waals surface area contributed by atoms with Crippen LogP contribution in [0.1, 0.15) is 18.2 Å². The summed E-state index contributed by atoms with van der Waals surface area (Å²) in [6.07, 6.45) is 2.39. The summed E-state index contributed by atoms with van der Waals surface area (Å²) in [4.78, 5) is 0.247. The first-order valence-corrected chi connectivity index (χ1v) is 9.22. The molecule has 23 heavy (non-hydrogen) atoms. The topological polar surface area (TPSA) is 73.2 Å². The molecule has 0 radical (unpaired) electrons. The molecule has 6 nitrogen and oxygen atoms in total. The number of hydrogen-bond donors (Lipinski definition) is 1. The number of nitrogens with one attached hydrogen (secondary N) is 1. The summed E-state index contributed by atoms with van der Waals surface area (Å²) in [6.45, 7) is 5.15. The van der Waals surface area contributed by atoms with Crippen molar-refractivity contribution >= 4 is 10.0 Å². The molecule has 0 saturated carbocycles. The molecule has 0 fully saturated rings. The highest BCUT2D eigenvalue weighted by Crippen LogP contribution is 2.26. The van der Waals surface area contributed by atoms with E-state index in [1.165, 1.54) is 0 Å². The largest absolute Gasteiger partial charge is 0.493 e. The van der Waals surface area contributed by atoms with E-state index in [2.05, 4.69) is 9.82 Å². The molecule has 124 valence electrons. The monoisotopic (exact) mass is 335 g/mol. The smallest absolute Gasteiger partial charge is 0.243 e. The highest BCUT2D eigenvalue weighted by Gasteiger charge is 2.24.